The zero-order chi connectivity index (χ0) is 30.5. The maximum absolute atomic E-state index is 13.7. The van der Waals surface area contributed by atoms with Gasteiger partial charge in [-0.3, -0.25) is 25.0 Å². The van der Waals surface area contributed by atoms with Crippen LogP contribution in [0.2, 0.25) is 0 Å². The molecule has 2 aliphatic heterocycles. The van der Waals surface area contributed by atoms with Crippen LogP contribution in [0, 0.1) is 0 Å². The number of methoxy groups -OCH3 is 1. The van der Waals surface area contributed by atoms with Crippen LogP contribution in [0.25, 0.3) is 22.5 Å². The van der Waals surface area contributed by atoms with Crippen molar-refractivity contribution in [2.45, 2.75) is 6.61 Å². The first kappa shape index (κ1) is 29.9. The van der Waals surface area contributed by atoms with E-state index >= 15 is 0 Å². The first-order valence-corrected chi connectivity index (χ1v) is 14.8. The molecular formula is C31H37N7O6. The van der Waals surface area contributed by atoms with E-state index in [-0.39, 0.29) is 18.3 Å². The minimum atomic E-state index is -0.415. The van der Waals surface area contributed by atoms with E-state index in [1.165, 1.54) is 0 Å². The Morgan fingerprint density at radius 3 is 2.52 bits per heavy atom. The molecule has 232 valence electrons. The van der Waals surface area contributed by atoms with Crippen LogP contribution in [0.4, 0.5) is 10.5 Å². The Morgan fingerprint density at radius 1 is 1.00 bits per heavy atom. The van der Waals surface area contributed by atoms with Gasteiger partial charge in [0.05, 0.1) is 48.9 Å². The zero-order valence-electron chi connectivity index (χ0n) is 24.8. The molecule has 0 saturated carbocycles. The van der Waals surface area contributed by atoms with Crippen LogP contribution < -0.4 is 10.7 Å². The zero-order valence-corrected chi connectivity index (χ0v) is 24.8. The number of nitrogens with one attached hydrogen (secondary N) is 3. The molecule has 13 nitrogen and oxygen atoms in total. The van der Waals surface area contributed by atoms with Gasteiger partial charge in [-0.05, 0) is 11.6 Å². The number of H-pyrrole nitrogens is 1. The summed E-state index contributed by atoms with van der Waals surface area (Å²) in [4.78, 5) is 43.1. The Kier molecular flexibility index (Phi) is 9.28. The van der Waals surface area contributed by atoms with E-state index in [4.69, 9.17) is 14.2 Å². The lowest BCUT2D eigenvalue weighted by Gasteiger charge is -2.34. The van der Waals surface area contributed by atoms with Crippen molar-refractivity contribution in [3.8, 4) is 22.5 Å². The number of anilines is 1. The summed E-state index contributed by atoms with van der Waals surface area (Å²) < 4.78 is 16.2. The molecule has 3 heterocycles. The summed E-state index contributed by atoms with van der Waals surface area (Å²) in [6, 6.07) is 12.5. The van der Waals surface area contributed by atoms with E-state index in [0.29, 0.717) is 86.4 Å². The van der Waals surface area contributed by atoms with Crippen molar-refractivity contribution in [3.05, 3.63) is 59.2 Å². The average molecular weight is 604 g/mol. The lowest BCUT2D eigenvalue weighted by Crippen LogP contribution is -2.50. The molecule has 13 heteroatoms. The number of hydrogen-bond acceptors (Lipinski definition) is 9. The molecule has 6 rings (SSSR count). The first-order chi connectivity index (χ1) is 21.5. The predicted molar refractivity (Wildman–Crippen MR) is 162 cm³/mol. The molecule has 3 aliphatic rings. The summed E-state index contributed by atoms with van der Waals surface area (Å²) in [6.45, 7) is 7.23. The van der Waals surface area contributed by atoms with Crippen LogP contribution in [-0.4, -0.2) is 122 Å². The fourth-order valence-electron chi connectivity index (χ4n) is 5.72. The number of rotatable bonds is 10. The number of benzene rings is 2. The quantitative estimate of drug-likeness (QED) is 0.248. The highest BCUT2D eigenvalue weighted by Crippen LogP contribution is 2.42. The summed E-state index contributed by atoms with van der Waals surface area (Å²) in [5.74, 6) is -0.211. The number of ether oxygens (including phenoxy) is 3. The third-order valence-corrected chi connectivity index (χ3v) is 8.13. The summed E-state index contributed by atoms with van der Waals surface area (Å²) in [5.41, 5.74) is 7.69. The normalized spacial score (nSPS) is 16.9. The third-order valence-electron chi connectivity index (χ3n) is 8.13. The van der Waals surface area contributed by atoms with E-state index in [1.807, 2.05) is 35.2 Å². The second kappa shape index (κ2) is 13.7. The lowest BCUT2D eigenvalue weighted by atomic mass is 10.0. The van der Waals surface area contributed by atoms with Crippen molar-refractivity contribution < 1.29 is 28.6 Å². The number of carbonyl (C=O) groups excluding carboxylic acids is 3. The molecule has 1 aliphatic carbocycles. The largest absolute Gasteiger partial charge is 0.383 e. The monoisotopic (exact) mass is 603 g/mol. The Labute approximate surface area is 255 Å². The number of morpholine rings is 1. The van der Waals surface area contributed by atoms with Crippen molar-refractivity contribution in [1.29, 1.82) is 0 Å². The Hall–Kier alpha value is -4.14. The van der Waals surface area contributed by atoms with Gasteiger partial charge in [-0.15, -0.1) is 0 Å². The molecule has 0 atom stereocenters. The molecule has 2 aromatic carbocycles. The maximum Gasteiger partial charge on any atom is 0.333 e. The van der Waals surface area contributed by atoms with Crippen LogP contribution in [0.5, 0.6) is 0 Å². The van der Waals surface area contributed by atoms with Crippen molar-refractivity contribution >= 4 is 23.4 Å². The number of aromatic amines is 1. The average Bonchev–Trinajstić information content (AvgIpc) is 3.61. The Balaban J connectivity index is 1.05. The number of fused-ring (bicyclic) bond motifs is 3. The first-order valence-electron chi connectivity index (χ1n) is 14.8. The second-order valence-corrected chi connectivity index (χ2v) is 10.9. The number of hydrogen-bond donors (Lipinski definition) is 3. The number of amides is 3. The fourth-order valence-corrected chi connectivity index (χ4v) is 5.72. The molecule has 2 saturated heterocycles. The van der Waals surface area contributed by atoms with Gasteiger partial charge in [0.2, 0.25) is 5.91 Å². The van der Waals surface area contributed by atoms with Crippen molar-refractivity contribution in [2.75, 3.05) is 84.7 Å². The molecule has 44 heavy (non-hydrogen) atoms. The maximum atomic E-state index is 13.7. The molecule has 0 unspecified atom stereocenters. The Bertz CT molecular complexity index is 1490. The van der Waals surface area contributed by atoms with Crippen LogP contribution in [-0.2, 0) is 25.6 Å². The number of urea groups is 1. The highest BCUT2D eigenvalue weighted by atomic mass is 16.5. The molecular weight excluding hydrogens is 566 g/mol. The number of carbonyl (C=O) groups is 3. The Morgan fingerprint density at radius 2 is 1.77 bits per heavy atom. The number of nitrogens with zero attached hydrogens (tertiary/aromatic N) is 4. The molecule has 1 aromatic heterocycles. The topological polar surface area (TPSA) is 141 Å². The second-order valence-electron chi connectivity index (χ2n) is 10.9. The summed E-state index contributed by atoms with van der Waals surface area (Å²) in [6.07, 6.45) is 0. The van der Waals surface area contributed by atoms with E-state index in [9.17, 15) is 14.4 Å². The molecule has 0 spiro atoms. The molecule has 2 fully saturated rings. The van der Waals surface area contributed by atoms with Gasteiger partial charge in [0.1, 0.15) is 12.3 Å². The van der Waals surface area contributed by atoms with E-state index in [1.54, 1.807) is 24.3 Å². The van der Waals surface area contributed by atoms with Gasteiger partial charge in [-0.1, -0.05) is 36.4 Å². The summed E-state index contributed by atoms with van der Waals surface area (Å²) >= 11 is 0. The number of piperazine rings is 1. The molecule has 3 amide bonds. The summed E-state index contributed by atoms with van der Waals surface area (Å²) in [5, 5.41) is 12.1. The highest BCUT2D eigenvalue weighted by molar-refractivity contribution is 6.26. The molecule has 0 bridgehead atoms. The molecule has 3 aromatic rings. The van der Waals surface area contributed by atoms with Crippen LogP contribution >= 0.6 is 0 Å². The van der Waals surface area contributed by atoms with Gasteiger partial charge in [-0.25, -0.2) is 9.80 Å². The van der Waals surface area contributed by atoms with Gasteiger partial charge < -0.3 is 24.4 Å². The van der Waals surface area contributed by atoms with Crippen LogP contribution in [0.1, 0.15) is 21.5 Å². The van der Waals surface area contributed by atoms with E-state index in [0.717, 1.165) is 30.8 Å². The predicted octanol–water partition coefficient (Wildman–Crippen LogP) is 1.96. The van der Waals surface area contributed by atoms with Gasteiger partial charge in [0.25, 0.3) is 0 Å². The van der Waals surface area contributed by atoms with Crippen molar-refractivity contribution in [1.82, 2.24) is 30.4 Å². The van der Waals surface area contributed by atoms with Gasteiger partial charge in [0.15, 0.2) is 5.78 Å². The van der Waals surface area contributed by atoms with Gasteiger partial charge in [-0.2, -0.15) is 5.10 Å². The third kappa shape index (κ3) is 6.51. The minimum Gasteiger partial charge on any atom is -0.383 e. The van der Waals surface area contributed by atoms with Gasteiger partial charge in [0, 0.05) is 64.0 Å². The van der Waals surface area contributed by atoms with Crippen LogP contribution in [0.15, 0.2) is 42.5 Å². The van der Waals surface area contributed by atoms with E-state index in [2.05, 4.69) is 25.8 Å². The minimum absolute atomic E-state index is 0.00869. The smallest absolute Gasteiger partial charge is 0.333 e. The van der Waals surface area contributed by atoms with Crippen LogP contribution in [0.3, 0.4) is 0 Å². The van der Waals surface area contributed by atoms with Crippen molar-refractivity contribution in [3.63, 3.8) is 0 Å². The SMILES string of the molecule is COCCN1CCN(C(=O)COCc2ccc(-c3n[nH]c4c3C(=O)c3c(NC(=O)NN5CCOCC5)cccc3-4)cc2)CC1. The standard InChI is InChI=1S/C31H37N7O6/c1-42-16-13-36-9-11-37(12-10-36)25(39)20-44-19-21-5-7-22(8-6-21)28-27-29(34-33-28)23-3-2-4-24(26(23)30(27)40)32-31(41)35-38-14-17-43-18-15-38/h2-8H,9-20H2,1H3,(H,33,34)(H2,32,35,41). The number of aromatic nitrogens is 2. The molecule has 3 N–H and O–H groups in total. The van der Waals surface area contributed by atoms with E-state index < -0.39 is 6.03 Å². The highest BCUT2D eigenvalue weighted by Gasteiger charge is 2.35. The number of ketones is 1. The fraction of sp³-hybridized carbons (Fsp3) is 0.419. The summed E-state index contributed by atoms with van der Waals surface area (Å²) in [7, 11) is 1.69. The number of hydrazine groups is 1. The van der Waals surface area contributed by atoms with Crippen molar-refractivity contribution in [2.24, 2.45) is 0 Å². The van der Waals surface area contributed by atoms with Gasteiger partial charge >= 0.3 is 6.03 Å². The molecule has 0 radical (unpaired) electrons. The lowest BCUT2D eigenvalue weighted by molar-refractivity contribution is -0.138.